The lowest BCUT2D eigenvalue weighted by Crippen LogP contribution is -2.22. The van der Waals surface area contributed by atoms with Crippen LogP contribution in [0.4, 0.5) is 13.2 Å². The van der Waals surface area contributed by atoms with Crippen molar-refractivity contribution in [2.75, 3.05) is 13.7 Å². The van der Waals surface area contributed by atoms with Crippen molar-refractivity contribution in [3.8, 4) is 5.75 Å². The molecular weight excluding hydrogens is 311 g/mol. The third-order valence-electron chi connectivity index (χ3n) is 3.72. The second kappa shape index (κ2) is 5.88. The van der Waals surface area contributed by atoms with Gasteiger partial charge < -0.3 is 14.0 Å². The molecule has 0 bridgehead atoms. The first kappa shape index (κ1) is 15.9. The van der Waals surface area contributed by atoms with E-state index in [-0.39, 0.29) is 17.1 Å². The van der Waals surface area contributed by atoms with Crippen molar-refractivity contribution in [2.24, 2.45) is 0 Å². The summed E-state index contributed by atoms with van der Waals surface area (Å²) in [5.74, 6) is -1.53. The lowest BCUT2D eigenvalue weighted by molar-refractivity contribution is -0.0884. The van der Waals surface area contributed by atoms with Gasteiger partial charge in [0.15, 0.2) is 0 Å². The largest absolute Gasteiger partial charge is 0.490 e. The molecule has 0 aliphatic heterocycles. The molecule has 0 saturated heterocycles. The average molecular weight is 327 g/mol. The van der Waals surface area contributed by atoms with Crippen LogP contribution in [0.25, 0.3) is 10.9 Å². The molecule has 1 aromatic carbocycles. The zero-order chi connectivity index (χ0) is 16.6. The minimum atomic E-state index is -4.92. The number of methoxy groups -OCH3 is 1. The van der Waals surface area contributed by atoms with Gasteiger partial charge in [-0.3, -0.25) is 4.79 Å². The molecule has 23 heavy (non-hydrogen) atoms. The van der Waals surface area contributed by atoms with Crippen molar-refractivity contribution in [1.82, 2.24) is 4.57 Å². The first-order valence-corrected chi connectivity index (χ1v) is 7.31. The number of carbonyl (C=O) groups excluding carboxylic acids is 1. The number of ketones is 1. The van der Waals surface area contributed by atoms with Crippen LogP contribution in [0.2, 0.25) is 0 Å². The van der Waals surface area contributed by atoms with Gasteiger partial charge in [0, 0.05) is 19.9 Å². The fourth-order valence-corrected chi connectivity index (χ4v) is 2.48. The van der Waals surface area contributed by atoms with Gasteiger partial charge in [-0.25, -0.2) is 0 Å². The van der Waals surface area contributed by atoms with Crippen LogP contribution in [0, 0.1) is 0 Å². The van der Waals surface area contributed by atoms with E-state index in [4.69, 9.17) is 9.47 Å². The van der Waals surface area contributed by atoms with Crippen molar-refractivity contribution in [2.45, 2.75) is 31.7 Å². The summed E-state index contributed by atoms with van der Waals surface area (Å²) in [6.07, 6.45) is -1.91. The maximum atomic E-state index is 12.9. The summed E-state index contributed by atoms with van der Waals surface area (Å²) in [6, 6.07) is 5.00. The van der Waals surface area contributed by atoms with Crippen LogP contribution in [-0.4, -0.2) is 36.3 Å². The summed E-state index contributed by atoms with van der Waals surface area (Å²) >= 11 is 0. The quantitative estimate of drug-likeness (QED) is 0.762. The van der Waals surface area contributed by atoms with E-state index >= 15 is 0 Å². The summed E-state index contributed by atoms with van der Waals surface area (Å²) < 4.78 is 51.0. The van der Waals surface area contributed by atoms with Crippen LogP contribution in [0.3, 0.4) is 0 Å². The Balaban J connectivity index is 2.13. The Hall–Kier alpha value is -2.02. The highest BCUT2D eigenvalue weighted by Gasteiger charge is 2.41. The van der Waals surface area contributed by atoms with Gasteiger partial charge in [0.05, 0.1) is 29.2 Å². The van der Waals surface area contributed by atoms with Crippen molar-refractivity contribution in [1.29, 1.82) is 0 Å². The van der Waals surface area contributed by atoms with Crippen molar-refractivity contribution in [3.05, 3.63) is 30.0 Å². The van der Waals surface area contributed by atoms with Gasteiger partial charge in [0.1, 0.15) is 5.75 Å². The van der Waals surface area contributed by atoms with E-state index in [1.807, 2.05) is 0 Å². The normalized spacial score (nSPS) is 15.1. The van der Waals surface area contributed by atoms with Crippen molar-refractivity contribution >= 4 is 16.7 Å². The Morgan fingerprint density at radius 3 is 2.70 bits per heavy atom. The molecule has 1 aliphatic rings. The summed E-state index contributed by atoms with van der Waals surface area (Å²) in [6.45, 7) is 0.683. The third-order valence-corrected chi connectivity index (χ3v) is 3.72. The van der Waals surface area contributed by atoms with Crippen LogP contribution in [0.5, 0.6) is 5.75 Å². The van der Waals surface area contributed by atoms with Gasteiger partial charge in [-0.05, 0) is 25.0 Å². The minimum Gasteiger partial charge on any atom is -0.490 e. The molecule has 4 nitrogen and oxygen atoms in total. The minimum absolute atomic E-state index is 0.0248. The number of hydrogen-bond donors (Lipinski definition) is 0. The zero-order valence-electron chi connectivity index (χ0n) is 12.5. The van der Waals surface area contributed by atoms with Gasteiger partial charge in [-0.2, -0.15) is 13.2 Å². The predicted octanol–water partition coefficient (Wildman–Crippen LogP) is 3.57. The van der Waals surface area contributed by atoms with Gasteiger partial charge in [-0.15, -0.1) is 0 Å². The summed E-state index contributed by atoms with van der Waals surface area (Å²) in [5.41, 5.74) is 0.160. The predicted molar refractivity (Wildman–Crippen MR) is 77.8 cm³/mol. The number of benzene rings is 1. The molecule has 1 saturated carbocycles. The smallest absolute Gasteiger partial charge is 0.454 e. The Morgan fingerprint density at radius 2 is 2.09 bits per heavy atom. The number of nitrogens with zero attached hydrogens (tertiary/aromatic N) is 1. The average Bonchev–Trinajstić information content (AvgIpc) is 3.23. The maximum absolute atomic E-state index is 12.9. The standard InChI is InChI=1S/C16H16F3NO3/c1-22-8-7-20-9-11(15(21)16(17,18)19)14-12(20)3-2-4-13(14)23-10-5-6-10/h2-4,9-10H,5-8H2,1H3. The molecule has 1 aromatic heterocycles. The van der Waals surface area contributed by atoms with E-state index in [9.17, 15) is 18.0 Å². The van der Waals surface area contributed by atoms with Crippen LogP contribution in [0.15, 0.2) is 24.4 Å². The first-order chi connectivity index (χ1) is 10.9. The van der Waals surface area contributed by atoms with Gasteiger partial charge in [-0.1, -0.05) is 6.07 Å². The fraction of sp³-hybridized carbons (Fsp3) is 0.438. The topological polar surface area (TPSA) is 40.5 Å². The highest BCUT2D eigenvalue weighted by Crippen LogP contribution is 2.37. The summed E-state index contributed by atoms with van der Waals surface area (Å²) in [7, 11) is 1.51. The number of carbonyl (C=O) groups is 1. The molecule has 3 rings (SSSR count). The molecule has 7 heteroatoms. The number of ether oxygens (including phenoxy) is 2. The summed E-state index contributed by atoms with van der Waals surface area (Å²) in [5, 5.41) is 0.220. The second-order valence-corrected chi connectivity index (χ2v) is 5.52. The lowest BCUT2D eigenvalue weighted by Gasteiger charge is -2.09. The fourth-order valence-electron chi connectivity index (χ4n) is 2.48. The molecule has 2 aromatic rings. The monoisotopic (exact) mass is 327 g/mol. The molecule has 0 unspecified atom stereocenters. The number of rotatable bonds is 6. The first-order valence-electron chi connectivity index (χ1n) is 7.31. The van der Waals surface area contributed by atoms with E-state index in [0.717, 1.165) is 12.8 Å². The maximum Gasteiger partial charge on any atom is 0.454 e. The number of Topliss-reactive ketones (excluding diaryl/α,β-unsaturated/α-hetero) is 1. The molecular formula is C16H16F3NO3. The van der Waals surface area contributed by atoms with Crippen molar-refractivity contribution in [3.63, 3.8) is 0 Å². The van der Waals surface area contributed by atoms with Crippen molar-refractivity contribution < 1.29 is 27.4 Å². The van der Waals surface area contributed by atoms with Crippen LogP contribution in [0.1, 0.15) is 23.2 Å². The highest BCUT2D eigenvalue weighted by molar-refractivity contribution is 6.12. The molecule has 0 amide bonds. The van der Waals surface area contributed by atoms with E-state index in [0.29, 0.717) is 24.4 Å². The Kier molecular flexibility index (Phi) is 4.06. The third kappa shape index (κ3) is 3.19. The molecule has 0 spiro atoms. The van der Waals surface area contributed by atoms with E-state index < -0.39 is 12.0 Å². The molecule has 0 radical (unpaired) electrons. The molecule has 124 valence electrons. The number of alkyl halides is 3. The Labute approximate surface area is 130 Å². The molecule has 0 N–H and O–H groups in total. The van der Waals surface area contributed by atoms with Crippen LogP contribution >= 0.6 is 0 Å². The molecule has 1 fully saturated rings. The van der Waals surface area contributed by atoms with E-state index in [2.05, 4.69) is 0 Å². The van der Waals surface area contributed by atoms with Gasteiger partial charge in [0.2, 0.25) is 0 Å². The van der Waals surface area contributed by atoms with E-state index in [1.54, 1.807) is 22.8 Å². The summed E-state index contributed by atoms with van der Waals surface area (Å²) in [4.78, 5) is 11.8. The van der Waals surface area contributed by atoms with Crippen LogP contribution < -0.4 is 4.74 Å². The molecule has 0 atom stereocenters. The SMILES string of the molecule is COCCn1cc(C(=O)C(F)(F)F)c2c(OC3CC3)cccc21. The van der Waals surface area contributed by atoms with Gasteiger partial charge in [0.25, 0.3) is 5.78 Å². The number of aromatic nitrogens is 1. The highest BCUT2D eigenvalue weighted by atomic mass is 19.4. The number of halogens is 3. The van der Waals surface area contributed by atoms with E-state index in [1.165, 1.54) is 13.3 Å². The lowest BCUT2D eigenvalue weighted by atomic mass is 10.1. The van der Waals surface area contributed by atoms with Crippen LogP contribution in [-0.2, 0) is 11.3 Å². The number of hydrogen-bond acceptors (Lipinski definition) is 3. The molecule has 1 heterocycles. The van der Waals surface area contributed by atoms with Gasteiger partial charge >= 0.3 is 6.18 Å². The Morgan fingerprint density at radius 1 is 1.35 bits per heavy atom. The zero-order valence-corrected chi connectivity index (χ0v) is 12.5. The Bertz CT molecular complexity index is 732. The molecule has 1 aliphatic carbocycles. The number of fused-ring (bicyclic) bond motifs is 1. The second-order valence-electron chi connectivity index (χ2n) is 5.52.